The van der Waals surface area contributed by atoms with Crippen LogP contribution in [0.4, 0.5) is 4.39 Å². The highest BCUT2D eigenvalue weighted by molar-refractivity contribution is 5.92. The Bertz CT molecular complexity index is 947. The summed E-state index contributed by atoms with van der Waals surface area (Å²) in [6.45, 7) is 3.32. The van der Waals surface area contributed by atoms with Crippen molar-refractivity contribution < 1.29 is 13.5 Å². The maximum Gasteiger partial charge on any atom is 0.200 e. The zero-order valence-corrected chi connectivity index (χ0v) is 14.1. The van der Waals surface area contributed by atoms with Crippen LogP contribution in [0.2, 0.25) is 0 Å². The van der Waals surface area contributed by atoms with Crippen LogP contribution in [0.15, 0.2) is 39.5 Å². The lowest BCUT2D eigenvalue weighted by Gasteiger charge is -2.12. The van der Waals surface area contributed by atoms with Crippen molar-refractivity contribution >= 4 is 21.9 Å². The molecule has 0 atom stereocenters. The standard InChI is InChI=1S/C19H20FNO3/c1-12-9-15-18(22)14-6-5-13(20)11-16(14)24-19(15)17(10-12)23-8-4-7-21(2)3/h5-6,9-11H,4,7-8H2,1-3H3. The smallest absolute Gasteiger partial charge is 0.200 e. The number of halogens is 1. The van der Waals surface area contributed by atoms with Gasteiger partial charge in [0.15, 0.2) is 11.3 Å². The van der Waals surface area contributed by atoms with Crippen molar-refractivity contribution in [3.8, 4) is 5.75 Å². The van der Waals surface area contributed by atoms with E-state index < -0.39 is 5.82 Å². The van der Waals surface area contributed by atoms with E-state index in [0.29, 0.717) is 28.7 Å². The number of ether oxygens (including phenoxy) is 1. The van der Waals surface area contributed by atoms with E-state index in [1.54, 1.807) is 6.07 Å². The Balaban J connectivity index is 2.08. The molecule has 24 heavy (non-hydrogen) atoms. The molecule has 0 N–H and O–H groups in total. The average molecular weight is 329 g/mol. The van der Waals surface area contributed by atoms with Crippen molar-refractivity contribution in [3.63, 3.8) is 0 Å². The van der Waals surface area contributed by atoms with Gasteiger partial charge in [0.25, 0.3) is 0 Å². The van der Waals surface area contributed by atoms with Crippen LogP contribution in [0, 0.1) is 12.7 Å². The maximum atomic E-state index is 13.5. The van der Waals surface area contributed by atoms with Gasteiger partial charge in [0, 0.05) is 12.6 Å². The lowest BCUT2D eigenvalue weighted by molar-refractivity contribution is 0.281. The third kappa shape index (κ3) is 3.26. The van der Waals surface area contributed by atoms with Crippen LogP contribution in [0.25, 0.3) is 21.9 Å². The van der Waals surface area contributed by atoms with Gasteiger partial charge in [0.05, 0.1) is 17.4 Å². The summed E-state index contributed by atoms with van der Waals surface area (Å²) < 4.78 is 25.1. The van der Waals surface area contributed by atoms with Crippen LogP contribution < -0.4 is 10.2 Å². The molecule has 1 aromatic heterocycles. The SMILES string of the molecule is Cc1cc(OCCCN(C)C)c2oc3cc(F)ccc3c(=O)c2c1. The van der Waals surface area contributed by atoms with Crippen molar-refractivity contribution in [3.05, 3.63) is 51.9 Å². The summed E-state index contributed by atoms with van der Waals surface area (Å²) in [6.07, 6.45) is 0.856. The van der Waals surface area contributed by atoms with Crippen molar-refractivity contribution in [1.29, 1.82) is 0 Å². The first kappa shape index (κ1) is 16.5. The van der Waals surface area contributed by atoms with Gasteiger partial charge in [-0.05, 0) is 57.3 Å². The average Bonchev–Trinajstić information content (AvgIpc) is 2.52. The number of rotatable bonds is 5. The van der Waals surface area contributed by atoms with Crippen LogP contribution in [-0.4, -0.2) is 32.1 Å². The van der Waals surface area contributed by atoms with E-state index in [-0.39, 0.29) is 11.0 Å². The van der Waals surface area contributed by atoms with Crippen LogP contribution in [0.3, 0.4) is 0 Å². The van der Waals surface area contributed by atoms with Crippen molar-refractivity contribution in [1.82, 2.24) is 4.90 Å². The predicted octanol–water partition coefficient (Wildman–Crippen LogP) is 3.72. The van der Waals surface area contributed by atoms with Crippen molar-refractivity contribution in [2.24, 2.45) is 0 Å². The summed E-state index contributed by atoms with van der Waals surface area (Å²) in [7, 11) is 4.00. The fraction of sp³-hybridized carbons (Fsp3) is 0.316. The minimum Gasteiger partial charge on any atom is -0.490 e. The first-order valence-electron chi connectivity index (χ1n) is 7.90. The third-order valence-corrected chi connectivity index (χ3v) is 3.85. The number of hydrogen-bond acceptors (Lipinski definition) is 4. The Morgan fingerprint density at radius 2 is 1.96 bits per heavy atom. The van der Waals surface area contributed by atoms with E-state index in [4.69, 9.17) is 9.15 Å². The molecule has 0 spiro atoms. The fourth-order valence-corrected chi connectivity index (χ4v) is 2.71. The minimum absolute atomic E-state index is 0.173. The Morgan fingerprint density at radius 1 is 1.17 bits per heavy atom. The van der Waals surface area contributed by atoms with Gasteiger partial charge in [-0.1, -0.05) is 0 Å². The molecule has 0 aliphatic heterocycles. The predicted molar refractivity (Wildman–Crippen MR) is 93.4 cm³/mol. The number of aryl methyl sites for hydroxylation is 1. The van der Waals surface area contributed by atoms with Gasteiger partial charge in [-0.25, -0.2) is 4.39 Å². The molecule has 4 nitrogen and oxygen atoms in total. The molecule has 0 bridgehead atoms. The van der Waals surface area contributed by atoms with Crippen LogP contribution in [-0.2, 0) is 0 Å². The number of hydrogen-bond donors (Lipinski definition) is 0. The van der Waals surface area contributed by atoms with Crippen LogP contribution in [0.1, 0.15) is 12.0 Å². The molecule has 2 aromatic carbocycles. The Labute approximate surface area is 139 Å². The molecule has 0 saturated heterocycles. The topological polar surface area (TPSA) is 42.7 Å². The highest BCUT2D eigenvalue weighted by atomic mass is 19.1. The third-order valence-electron chi connectivity index (χ3n) is 3.85. The van der Waals surface area contributed by atoms with E-state index in [2.05, 4.69) is 4.90 Å². The first-order valence-corrected chi connectivity index (χ1v) is 7.90. The zero-order valence-electron chi connectivity index (χ0n) is 14.1. The second-order valence-electron chi connectivity index (χ2n) is 6.22. The second-order valence-corrected chi connectivity index (χ2v) is 6.22. The summed E-state index contributed by atoms with van der Waals surface area (Å²) >= 11 is 0. The van der Waals surface area contributed by atoms with Crippen molar-refractivity contribution in [2.45, 2.75) is 13.3 Å². The minimum atomic E-state index is -0.439. The van der Waals surface area contributed by atoms with Gasteiger partial charge in [-0.15, -0.1) is 0 Å². The van der Waals surface area contributed by atoms with Gasteiger partial charge in [-0.3, -0.25) is 4.79 Å². The lowest BCUT2D eigenvalue weighted by Crippen LogP contribution is -2.15. The number of nitrogens with zero attached hydrogens (tertiary/aromatic N) is 1. The van der Waals surface area contributed by atoms with Gasteiger partial charge >= 0.3 is 0 Å². The molecule has 126 valence electrons. The second kappa shape index (κ2) is 6.61. The molecule has 0 unspecified atom stereocenters. The maximum absolute atomic E-state index is 13.5. The molecule has 5 heteroatoms. The summed E-state index contributed by atoms with van der Waals surface area (Å²) in [5, 5.41) is 0.824. The zero-order chi connectivity index (χ0) is 17.3. The molecule has 0 amide bonds. The largest absolute Gasteiger partial charge is 0.490 e. The van der Waals surface area contributed by atoms with Crippen LogP contribution in [0.5, 0.6) is 5.75 Å². The van der Waals surface area contributed by atoms with Gasteiger partial charge in [0.2, 0.25) is 5.43 Å². The van der Waals surface area contributed by atoms with Gasteiger partial charge in [-0.2, -0.15) is 0 Å². The fourth-order valence-electron chi connectivity index (χ4n) is 2.71. The first-order chi connectivity index (χ1) is 11.5. The molecule has 0 radical (unpaired) electrons. The monoisotopic (exact) mass is 329 g/mol. The lowest BCUT2D eigenvalue weighted by atomic mass is 10.1. The van der Waals surface area contributed by atoms with E-state index in [9.17, 15) is 9.18 Å². The summed E-state index contributed by atoms with van der Waals surface area (Å²) in [5.41, 5.74) is 1.34. The molecule has 3 aromatic rings. The molecule has 3 rings (SSSR count). The highest BCUT2D eigenvalue weighted by Gasteiger charge is 2.13. The van der Waals surface area contributed by atoms with Crippen LogP contribution >= 0.6 is 0 Å². The number of benzene rings is 2. The number of fused-ring (bicyclic) bond motifs is 2. The highest BCUT2D eigenvalue weighted by Crippen LogP contribution is 2.29. The molecule has 0 aliphatic rings. The summed E-state index contributed by atoms with van der Waals surface area (Å²) in [6, 6.07) is 7.56. The normalized spacial score (nSPS) is 11.5. The summed E-state index contributed by atoms with van der Waals surface area (Å²) in [5.74, 6) is 0.0811. The summed E-state index contributed by atoms with van der Waals surface area (Å²) in [4.78, 5) is 14.8. The van der Waals surface area contributed by atoms with E-state index >= 15 is 0 Å². The van der Waals surface area contributed by atoms with E-state index in [1.807, 2.05) is 27.1 Å². The van der Waals surface area contributed by atoms with Gasteiger partial charge in [0.1, 0.15) is 11.4 Å². The molecule has 1 heterocycles. The van der Waals surface area contributed by atoms with E-state index in [0.717, 1.165) is 18.5 Å². The van der Waals surface area contributed by atoms with Gasteiger partial charge < -0.3 is 14.1 Å². The Morgan fingerprint density at radius 3 is 2.71 bits per heavy atom. The Hall–Kier alpha value is -2.40. The molecule has 0 saturated carbocycles. The molecule has 0 aliphatic carbocycles. The molecule has 0 fully saturated rings. The van der Waals surface area contributed by atoms with Crippen molar-refractivity contribution in [2.75, 3.05) is 27.2 Å². The molecular weight excluding hydrogens is 309 g/mol. The van der Waals surface area contributed by atoms with E-state index in [1.165, 1.54) is 18.2 Å². The quantitative estimate of drug-likeness (QED) is 0.528. The molecular formula is C19H20FNO3. The Kier molecular flexibility index (Phi) is 4.53.